The zero-order valence-corrected chi connectivity index (χ0v) is 7.20. The summed E-state index contributed by atoms with van der Waals surface area (Å²) in [6.07, 6.45) is 0. The molecule has 0 aliphatic carbocycles. The van der Waals surface area contributed by atoms with E-state index in [1.165, 1.54) is 0 Å². The van der Waals surface area contributed by atoms with Crippen molar-refractivity contribution in [1.82, 2.24) is 5.73 Å². The molecule has 0 heterocycles. The van der Waals surface area contributed by atoms with E-state index in [9.17, 15) is 0 Å². The van der Waals surface area contributed by atoms with Crippen LogP contribution >= 0.6 is 0 Å². The van der Waals surface area contributed by atoms with Crippen molar-refractivity contribution in [3.8, 4) is 11.1 Å². The Morgan fingerprint density at radius 1 is 0.692 bits per heavy atom. The lowest BCUT2D eigenvalue weighted by Crippen LogP contribution is -1.79. The monoisotopic (exact) mass is 168 g/mol. The summed E-state index contributed by atoms with van der Waals surface area (Å²) >= 11 is 0. The maximum Gasteiger partial charge on any atom is 0.0618 e. The van der Waals surface area contributed by atoms with Gasteiger partial charge < -0.3 is 5.73 Å². The van der Waals surface area contributed by atoms with Crippen LogP contribution in [0.5, 0.6) is 0 Å². The SMILES string of the molecule is [NH]c1ccccc1-c1ccccc1. The minimum Gasteiger partial charge on any atom is -0.300 e. The van der Waals surface area contributed by atoms with Crippen molar-refractivity contribution in [2.75, 3.05) is 0 Å². The molecule has 1 radical (unpaired) electrons. The van der Waals surface area contributed by atoms with Crippen molar-refractivity contribution in [3.63, 3.8) is 0 Å². The second-order valence-corrected chi connectivity index (χ2v) is 2.91. The molecule has 1 heteroatoms. The summed E-state index contributed by atoms with van der Waals surface area (Å²) < 4.78 is 0. The van der Waals surface area contributed by atoms with Gasteiger partial charge in [-0.3, -0.25) is 0 Å². The lowest BCUT2D eigenvalue weighted by Gasteiger charge is -2.03. The molecule has 0 amide bonds. The number of rotatable bonds is 1. The average Bonchev–Trinajstić information content (AvgIpc) is 2.20. The van der Waals surface area contributed by atoms with E-state index < -0.39 is 0 Å². The third-order valence-electron chi connectivity index (χ3n) is 2.01. The van der Waals surface area contributed by atoms with Crippen molar-refractivity contribution >= 4 is 5.69 Å². The highest BCUT2D eigenvalue weighted by Gasteiger charge is 1.99. The van der Waals surface area contributed by atoms with Gasteiger partial charge in [0.25, 0.3) is 0 Å². The van der Waals surface area contributed by atoms with Gasteiger partial charge in [-0.15, -0.1) is 0 Å². The molecule has 0 aliphatic rings. The van der Waals surface area contributed by atoms with Crippen molar-refractivity contribution in [2.45, 2.75) is 0 Å². The van der Waals surface area contributed by atoms with Crippen molar-refractivity contribution in [3.05, 3.63) is 54.6 Å². The first-order valence-electron chi connectivity index (χ1n) is 4.24. The van der Waals surface area contributed by atoms with Gasteiger partial charge in [-0.1, -0.05) is 48.5 Å². The predicted molar refractivity (Wildman–Crippen MR) is 54.6 cm³/mol. The smallest absolute Gasteiger partial charge is 0.0618 e. The molecule has 0 saturated heterocycles. The second kappa shape index (κ2) is 3.31. The minimum atomic E-state index is 0.578. The molecule has 0 spiro atoms. The van der Waals surface area contributed by atoms with Gasteiger partial charge in [-0.2, -0.15) is 0 Å². The molecule has 0 unspecified atom stereocenters. The van der Waals surface area contributed by atoms with E-state index in [1.807, 2.05) is 54.6 Å². The molecule has 0 aromatic heterocycles. The van der Waals surface area contributed by atoms with E-state index >= 15 is 0 Å². The number of nitrogens with one attached hydrogen (secondary N) is 1. The van der Waals surface area contributed by atoms with Crippen LogP contribution in [0.15, 0.2) is 54.6 Å². The maximum absolute atomic E-state index is 7.71. The molecule has 1 nitrogen and oxygen atoms in total. The Hall–Kier alpha value is -1.76. The topological polar surface area (TPSA) is 23.8 Å². The van der Waals surface area contributed by atoms with Crippen molar-refractivity contribution in [1.29, 1.82) is 0 Å². The van der Waals surface area contributed by atoms with Crippen LogP contribution in [0.25, 0.3) is 11.1 Å². The molecule has 0 aliphatic heterocycles. The maximum atomic E-state index is 7.71. The fraction of sp³-hybridized carbons (Fsp3) is 0. The molecule has 1 N–H and O–H groups in total. The first-order valence-corrected chi connectivity index (χ1v) is 4.24. The molecule has 0 fully saturated rings. The largest absolute Gasteiger partial charge is 0.300 e. The molecular formula is C12H10N. The van der Waals surface area contributed by atoms with Gasteiger partial charge in [-0.25, -0.2) is 0 Å². The minimum absolute atomic E-state index is 0.578. The molecule has 0 atom stereocenters. The van der Waals surface area contributed by atoms with Gasteiger partial charge in [0, 0.05) is 5.56 Å². The standard InChI is InChI=1S/C12H10N/c13-12-9-5-4-8-11(12)10-6-2-1-3-7-10/h1-9,13H. The highest BCUT2D eigenvalue weighted by molar-refractivity contribution is 5.74. The van der Waals surface area contributed by atoms with Crippen LogP contribution in [0.1, 0.15) is 0 Å². The van der Waals surface area contributed by atoms with Gasteiger partial charge in [-0.05, 0) is 11.6 Å². The Labute approximate surface area is 77.8 Å². The van der Waals surface area contributed by atoms with Crippen LogP contribution in [0.3, 0.4) is 0 Å². The summed E-state index contributed by atoms with van der Waals surface area (Å²) in [6, 6.07) is 17.6. The molecule has 2 aromatic rings. The Morgan fingerprint density at radius 2 is 1.31 bits per heavy atom. The van der Waals surface area contributed by atoms with E-state index in [4.69, 9.17) is 5.73 Å². The van der Waals surface area contributed by atoms with Crippen LogP contribution in [0, 0.1) is 0 Å². The number of benzene rings is 2. The molecule has 2 rings (SSSR count). The Kier molecular flexibility index (Phi) is 2.01. The van der Waals surface area contributed by atoms with Gasteiger partial charge in [0.05, 0.1) is 5.69 Å². The summed E-state index contributed by atoms with van der Waals surface area (Å²) in [4.78, 5) is 0. The number of hydrogen-bond acceptors (Lipinski definition) is 0. The summed E-state index contributed by atoms with van der Waals surface area (Å²) in [5.41, 5.74) is 10.4. The first-order chi connectivity index (χ1) is 6.38. The molecule has 2 aromatic carbocycles. The highest BCUT2D eigenvalue weighted by atomic mass is 14.6. The van der Waals surface area contributed by atoms with E-state index in [2.05, 4.69) is 0 Å². The zero-order valence-electron chi connectivity index (χ0n) is 7.20. The first kappa shape index (κ1) is 7.87. The third kappa shape index (κ3) is 1.54. The fourth-order valence-corrected chi connectivity index (χ4v) is 1.35. The van der Waals surface area contributed by atoms with Crippen LogP contribution < -0.4 is 5.73 Å². The van der Waals surface area contributed by atoms with Crippen LogP contribution in [-0.2, 0) is 0 Å². The van der Waals surface area contributed by atoms with Crippen LogP contribution in [0.4, 0.5) is 5.69 Å². The fourth-order valence-electron chi connectivity index (χ4n) is 1.35. The third-order valence-corrected chi connectivity index (χ3v) is 2.01. The van der Waals surface area contributed by atoms with Gasteiger partial charge in [0.1, 0.15) is 0 Å². The van der Waals surface area contributed by atoms with Crippen molar-refractivity contribution < 1.29 is 0 Å². The second-order valence-electron chi connectivity index (χ2n) is 2.91. The van der Waals surface area contributed by atoms with Crippen molar-refractivity contribution in [2.24, 2.45) is 0 Å². The summed E-state index contributed by atoms with van der Waals surface area (Å²) in [7, 11) is 0. The molecule has 63 valence electrons. The molecule has 0 bridgehead atoms. The molecule has 13 heavy (non-hydrogen) atoms. The molecule has 0 saturated carbocycles. The number of hydrogen-bond donors (Lipinski definition) is 0. The van der Waals surface area contributed by atoms with Gasteiger partial charge in [0.2, 0.25) is 0 Å². The van der Waals surface area contributed by atoms with Crippen LogP contribution in [0.2, 0.25) is 0 Å². The van der Waals surface area contributed by atoms with E-state index in [0.717, 1.165) is 11.1 Å². The summed E-state index contributed by atoms with van der Waals surface area (Å²) in [5.74, 6) is 0. The lowest BCUT2D eigenvalue weighted by atomic mass is 10.0. The zero-order chi connectivity index (χ0) is 9.10. The lowest BCUT2D eigenvalue weighted by molar-refractivity contribution is 1.47. The summed E-state index contributed by atoms with van der Waals surface area (Å²) in [5, 5.41) is 0. The Bertz CT molecular complexity index is 393. The normalized spacial score (nSPS) is 9.85. The van der Waals surface area contributed by atoms with Gasteiger partial charge in [0.15, 0.2) is 0 Å². The van der Waals surface area contributed by atoms with E-state index in [-0.39, 0.29) is 0 Å². The highest BCUT2D eigenvalue weighted by Crippen LogP contribution is 2.25. The summed E-state index contributed by atoms with van der Waals surface area (Å²) in [6.45, 7) is 0. The quantitative estimate of drug-likeness (QED) is 0.624. The van der Waals surface area contributed by atoms with Crippen LogP contribution in [-0.4, -0.2) is 0 Å². The predicted octanol–water partition coefficient (Wildman–Crippen LogP) is 3.27. The Balaban J connectivity index is 2.54. The molecular weight excluding hydrogens is 158 g/mol. The van der Waals surface area contributed by atoms with E-state index in [0.29, 0.717) is 5.69 Å². The Morgan fingerprint density at radius 3 is 2.00 bits per heavy atom. The van der Waals surface area contributed by atoms with E-state index in [1.54, 1.807) is 0 Å². The average molecular weight is 168 g/mol. The van der Waals surface area contributed by atoms with Gasteiger partial charge >= 0.3 is 0 Å².